The molecule has 0 aliphatic rings. The van der Waals surface area contributed by atoms with Crippen LogP contribution >= 0.6 is 0 Å². The molecule has 0 spiro atoms. The van der Waals surface area contributed by atoms with Crippen molar-refractivity contribution in [2.24, 2.45) is 0 Å². The average Bonchev–Trinajstić information content (AvgIpc) is 2.68. The van der Waals surface area contributed by atoms with Crippen LogP contribution in [0.5, 0.6) is 0 Å². The molecule has 0 amide bonds. The van der Waals surface area contributed by atoms with Gasteiger partial charge in [0.1, 0.15) is 11.6 Å². The second kappa shape index (κ2) is 8.06. The van der Waals surface area contributed by atoms with E-state index in [9.17, 15) is 9.18 Å². The lowest BCUT2D eigenvalue weighted by molar-refractivity contribution is 0.0602. The van der Waals surface area contributed by atoms with Crippen molar-refractivity contribution in [2.75, 3.05) is 17.7 Å². The van der Waals surface area contributed by atoms with E-state index in [4.69, 9.17) is 4.74 Å². The van der Waals surface area contributed by atoms with Gasteiger partial charge in [0.2, 0.25) is 5.95 Å². The highest BCUT2D eigenvalue weighted by Gasteiger charge is 2.11. The summed E-state index contributed by atoms with van der Waals surface area (Å²) in [5.41, 5.74) is 1.90. The van der Waals surface area contributed by atoms with Gasteiger partial charge in [0.15, 0.2) is 0 Å². The predicted molar refractivity (Wildman–Crippen MR) is 96.8 cm³/mol. The van der Waals surface area contributed by atoms with Crippen LogP contribution in [0.2, 0.25) is 0 Å². The number of ether oxygens (including phenoxy) is 1. The molecular formula is C19H17FN4O2. The molecule has 0 aliphatic heterocycles. The fourth-order valence-corrected chi connectivity index (χ4v) is 2.31. The molecule has 0 atom stereocenters. The summed E-state index contributed by atoms with van der Waals surface area (Å²) in [5.74, 6) is 0.227. The molecule has 0 saturated carbocycles. The average molecular weight is 352 g/mol. The minimum absolute atomic E-state index is 0.277. The summed E-state index contributed by atoms with van der Waals surface area (Å²) >= 11 is 0. The van der Waals surface area contributed by atoms with E-state index >= 15 is 0 Å². The smallest absolute Gasteiger partial charge is 0.339 e. The van der Waals surface area contributed by atoms with Crippen molar-refractivity contribution in [2.45, 2.75) is 6.54 Å². The SMILES string of the molecule is COC(=O)c1ccccc1Nc1ccnc(NCc2ccc(F)cc2)n1. The van der Waals surface area contributed by atoms with E-state index < -0.39 is 5.97 Å². The van der Waals surface area contributed by atoms with Crippen molar-refractivity contribution in [1.82, 2.24) is 9.97 Å². The van der Waals surface area contributed by atoms with Gasteiger partial charge in [-0.2, -0.15) is 4.98 Å². The van der Waals surface area contributed by atoms with Crippen LogP contribution < -0.4 is 10.6 Å². The second-order valence-corrected chi connectivity index (χ2v) is 5.41. The molecule has 0 saturated heterocycles. The molecule has 0 radical (unpaired) electrons. The van der Waals surface area contributed by atoms with Gasteiger partial charge in [-0.25, -0.2) is 14.2 Å². The number of nitrogens with one attached hydrogen (secondary N) is 2. The number of halogens is 1. The molecule has 1 heterocycles. The van der Waals surface area contributed by atoms with Crippen LogP contribution in [0, 0.1) is 5.82 Å². The fourth-order valence-electron chi connectivity index (χ4n) is 2.31. The predicted octanol–water partition coefficient (Wildman–Crippen LogP) is 3.76. The highest BCUT2D eigenvalue weighted by molar-refractivity contribution is 5.96. The van der Waals surface area contributed by atoms with E-state index in [0.717, 1.165) is 5.56 Å². The topological polar surface area (TPSA) is 76.1 Å². The third-order valence-electron chi connectivity index (χ3n) is 3.61. The standard InChI is InChI=1S/C19H17FN4O2/c1-26-18(25)15-4-2-3-5-16(15)23-17-10-11-21-19(24-17)22-12-13-6-8-14(20)9-7-13/h2-11H,12H2,1H3,(H2,21,22,23,24). The summed E-state index contributed by atoms with van der Waals surface area (Å²) < 4.78 is 17.7. The van der Waals surface area contributed by atoms with Gasteiger partial charge in [-0.15, -0.1) is 0 Å². The van der Waals surface area contributed by atoms with Gasteiger partial charge in [-0.1, -0.05) is 24.3 Å². The Hall–Kier alpha value is -3.48. The van der Waals surface area contributed by atoms with Crippen LogP contribution in [0.4, 0.5) is 21.8 Å². The number of methoxy groups -OCH3 is 1. The molecule has 3 aromatic rings. The Morgan fingerprint density at radius 2 is 1.88 bits per heavy atom. The molecule has 0 fully saturated rings. The number of hydrogen-bond donors (Lipinski definition) is 2. The molecule has 0 unspecified atom stereocenters. The molecule has 3 rings (SSSR count). The molecule has 7 heteroatoms. The molecule has 6 nitrogen and oxygen atoms in total. The van der Waals surface area contributed by atoms with Crippen molar-refractivity contribution < 1.29 is 13.9 Å². The van der Waals surface area contributed by atoms with E-state index in [1.54, 1.807) is 42.6 Å². The Bertz CT molecular complexity index is 900. The highest BCUT2D eigenvalue weighted by Crippen LogP contribution is 2.20. The molecule has 26 heavy (non-hydrogen) atoms. The summed E-state index contributed by atoms with van der Waals surface area (Å²) in [5, 5.41) is 6.17. The quantitative estimate of drug-likeness (QED) is 0.658. The second-order valence-electron chi connectivity index (χ2n) is 5.41. The summed E-state index contributed by atoms with van der Waals surface area (Å²) in [6, 6.07) is 14.9. The first-order valence-electron chi connectivity index (χ1n) is 7.91. The molecular weight excluding hydrogens is 335 g/mol. The van der Waals surface area contributed by atoms with E-state index in [0.29, 0.717) is 29.6 Å². The number of esters is 1. The van der Waals surface area contributed by atoms with Crippen molar-refractivity contribution in [1.29, 1.82) is 0 Å². The maximum atomic E-state index is 12.9. The van der Waals surface area contributed by atoms with E-state index in [1.807, 2.05) is 6.07 Å². The Morgan fingerprint density at radius 3 is 2.65 bits per heavy atom. The number of carbonyl (C=O) groups is 1. The Labute approximate surface area is 150 Å². The van der Waals surface area contributed by atoms with Gasteiger partial charge >= 0.3 is 5.97 Å². The zero-order valence-corrected chi connectivity index (χ0v) is 14.1. The monoisotopic (exact) mass is 352 g/mol. The van der Waals surface area contributed by atoms with Gasteiger partial charge in [0.25, 0.3) is 0 Å². The molecule has 132 valence electrons. The largest absolute Gasteiger partial charge is 0.465 e. The fraction of sp³-hybridized carbons (Fsp3) is 0.105. The summed E-state index contributed by atoms with van der Waals surface area (Å²) in [6.45, 7) is 0.461. The first-order valence-corrected chi connectivity index (χ1v) is 7.91. The van der Waals surface area contributed by atoms with Crippen LogP contribution in [0.3, 0.4) is 0 Å². The maximum absolute atomic E-state index is 12.9. The van der Waals surface area contributed by atoms with E-state index in [2.05, 4.69) is 20.6 Å². The van der Waals surface area contributed by atoms with Gasteiger partial charge in [0, 0.05) is 12.7 Å². The van der Waals surface area contributed by atoms with Crippen LogP contribution in [-0.2, 0) is 11.3 Å². The third kappa shape index (κ3) is 4.32. The summed E-state index contributed by atoms with van der Waals surface area (Å²) in [4.78, 5) is 20.4. The number of aromatic nitrogens is 2. The minimum Gasteiger partial charge on any atom is -0.465 e. The van der Waals surface area contributed by atoms with E-state index in [-0.39, 0.29) is 5.82 Å². The Morgan fingerprint density at radius 1 is 1.12 bits per heavy atom. The summed E-state index contributed by atoms with van der Waals surface area (Å²) in [6.07, 6.45) is 1.60. The summed E-state index contributed by atoms with van der Waals surface area (Å²) in [7, 11) is 1.33. The first kappa shape index (κ1) is 17.3. The molecule has 2 aromatic carbocycles. The Balaban J connectivity index is 1.72. The maximum Gasteiger partial charge on any atom is 0.339 e. The lowest BCUT2D eigenvalue weighted by Gasteiger charge is -2.11. The van der Waals surface area contributed by atoms with Crippen LogP contribution in [-0.4, -0.2) is 23.0 Å². The third-order valence-corrected chi connectivity index (χ3v) is 3.61. The molecule has 0 aliphatic carbocycles. The van der Waals surface area contributed by atoms with Crippen molar-refractivity contribution in [3.8, 4) is 0 Å². The van der Waals surface area contributed by atoms with Gasteiger partial charge < -0.3 is 15.4 Å². The van der Waals surface area contributed by atoms with Crippen molar-refractivity contribution in [3.63, 3.8) is 0 Å². The van der Waals surface area contributed by atoms with Gasteiger partial charge in [-0.05, 0) is 35.9 Å². The van der Waals surface area contributed by atoms with E-state index in [1.165, 1.54) is 19.2 Å². The van der Waals surface area contributed by atoms with Crippen molar-refractivity contribution in [3.05, 3.63) is 77.7 Å². The lowest BCUT2D eigenvalue weighted by atomic mass is 10.2. The number of nitrogens with zero attached hydrogens (tertiary/aromatic N) is 2. The molecule has 0 bridgehead atoms. The van der Waals surface area contributed by atoms with Gasteiger partial charge in [-0.3, -0.25) is 0 Å². The van der Waals surface area contributed by atoms with Crippen LogP contribution in [0.15, 0.2) is 60.8 Å². The first-order chi connectivity index (χ1) is 12.7. The zero-order chi connectivity index (χ0) is 18.4. The van der Waals surface area contributed by atoms with Crippen molar-refractivity contribution >= 4 is 23.4 Å². The van der Waals surface area contributed by atoms with Crippen LogP contribution in [0.1, 0.15) is 15.9 Å². The lowest BCUT2D eigenvalue weighted by Crippen LogP contribution is -2.08. The van der Waals surface area contributed by atoms with Crippen LogP contribution in [0.25, 0.3) is 0 Å². The minimum atomic E-state index is -0.434. The highest BCUT2D eigenvalue weighted by atomic mass is 19.1. The molecule has 1 aromatic heterocycles. The molecule has 2 N–H and O–H groups in total. The normalized spacial score (nSPS) is 10.2. The number of benzene rings is 2. The number of anilines is 3. The van der Waals surface area contributed by atoms with Gasteiger partial charge in [0.05, 0.1) is 18.4 Å². The number of hydrogen-bond acceptors (Lipinski definition) is 6. The zero-order valence-electron chi connectivity index (χ0n) is 14.1. The number of carbonyl (C=O) groups excluding carboxylic acids is 1. The Kier molecular flexibility index (Phi) is 5.38. The number of rotatable bonds is 6. The number of para-hydroxylation sites is 1.